The van der Waals surface area contributed by atoms with Crippen molar-refractivity contribution in [2.45, 2.75) is 37.3 Å². The summed E-state index contributed by atoms with van der Waals surface area (Å²) < 4.78 is 4.58. The second-order valence-corrected chi connectivity index (χ2v) is 3.38. The molecule has 0 aromatic rings. The Balaban J connectivity index is 0.00000144. The summed E-state index contributed by atoms with van der Waals surface area (Å²) in [5.74, 6) is -0.366. The average Bonchev–Trinajstić information content (AvgIpc) is 2.09. The Morgan fingerprint density at radius 3 is 2.38 bits per heavy atom. The molecule has 1 aliphatic rings. The third-order valence-corrected chi connectivity index (χ3v) is 2.44. The molecule has 13 heavy (non-hydrogen) atoms. The number of hydrogen-bond acceptors (Lipinski definition) is 4. The molecule has 0 aromatic carbocycles. The third-order valence-electron chi connectivity index (χ3n) is 2.44. The van der Waals surface area contributed by atoms with E-state index in [0.29, 0.717) is 25.7 Å². The van der Waals surface area contributed by atoms with Gasteiger partial charge in [-0.3, -0.25) is 4.79 Å². The lowest BCUT2D eigenvalue weighted by molar-refractivity contribution is -0.149. The van der Waals surface area contributed by atoms with Crippen molar-refractivity contribution in [3.05, 3.63) is 0 Å². The summed E-state index contributed by atoms with van der Waals surface area (Å²) in [5, 5.41) is 9.19. The van der Waals surface area contributed by atoms with Crippen LogP contribution in [0.25, 0.3) is 0 Å². The van der Waals surface area contributed by atoms with Crippen LogP contribution in [0.4, 0.5) is 0 Å². The van der Waals surface area contributed by atoms with E-state index in [4.69, 9.17) is 5.73 Å². The van der Waals surface area contributed by atoms with E-state index in [2.05, 4.69) is 4.74 Å². The van der Waals surface area contributed by atoms with Crippen LogP contribution in [-0.2, 0) is 9.53 Å². The molecule has 0 aliphatic heterocycles. The maximum absolute atomic E-state index is 11.2. The predicted molar refractivity (Wildman–Crippen MR) is 50.7 cm³/mol. The van der Waals surface area contributed by atoms with Crippen LogP contribution in [0.5, 0.6) is 0 Å². The number of carbonyl (C=O) groups excluding carboxylic acids is 1. The van der Waals surface area contributed by atoms with E-state index in [-0.39, 0.29) is 24.5 Å². The summed E-state index contributed by atoms with van der Waals surface area (Å²) in [6.07, 6.45) is 1.91. The number of esters is 1. The van der Waals surface area contributed by atoms with Gasteiger partial charge in [-0.05, 0) is 25.7 Å². The molecular weight excluding hydrogens is 194 g/mol. The van der Waals surface area contributed by atoms with Gasteiger partial charge in [-0.25, -0.2) is 0 Å². The van der Waals surface area contributed by atoms with Crippen LogP contribution in [-0.4, -0.2) is 29.8 Å². The second-order valence-electron chi connectivity index (χ2n) is 3.38. The summed E-state index contributed by atoms with van der Waals surface area (Å²) in [6.45, 7) is 0. The van der Waals surface area contributed by atoms with Crippen LogP contribution in [0, 0.1) is 0 Å². The summed E-state index contributed by atoms with van der Waals surface area (Å²) in [7, 11) is 1.34. The highest BCUT2D eigenvalue weighted by molar-refractivity contribution is 5.85. The highest BCUT2D eigenvalue weighted by Gasteiger charge is 2.38. The fraction of sp³-hybridized carbons (Fsp3) is 0.875. The molecule has 0 saturated heterocycles. The topological polar surface area (TPSA) is 72.5 Å². The van der Waals surface area contributed by atoms with Gasteiger partial charge in [0.15, 0.2) is 0 Å². The Labute approximate surface area is 83.9 Å². The number of aliphatic hydroxyl groups excluding tert-OH is 1. The van der Waals surface area contributed by atoms with Crippen molar-refractivity contribution in [1.82, 2.24) is 0 Å². The van der Waals surface area contributed by atoms with Gasteiger partial charge >= 0.3 is 5.97 Å². The fourth-order valence-electron chi connectivity index (χ4n) is 1.53. The molecule has 4 nitrogen and oxygen atoms in total. The average molecular weight is 210 g/mol. The van der Waals surface area contributed by atoms with Gasteiger partial charge < -0.3 is 15.6 Å². The van der Waals surface area contributed by atoms with Gasteiger partial charge in [-0.15, -0.1) is 12.4 Å². The summed E-state index contributed by atoms with van der Waals surface area (Å²) in [4.78, 5) is 11.2. The highest BCUT2D eigenvalue weighted by Crippen LogP contribution is 2.27. The van der Waals surface area contributed by atoms with Gasteiger partial charge in [-0.2, -0.15) is 0 Å². The minimum Gasteiger partial charge on any atom is -0.468 e. The predicted octanol–water partition coefficient (Wildman–Crippen LogP) is 0.214. The van der Waals surface area contributed by atoms with Crippen molar-refractivity contribution in [2.24, 2.45) is 5.73 Å². The van der Waals surface area contributed by atoms with E-state index in [1.807, 2.05) is 0 Å². The minimum absolute atomic E-state index is 0. The molecule has 1 saturated carbocycles. The fourth-order valence-corrected chi connectivity index (χ4v) is 1.53. The number of nitrogens with two attached hydrogens (primary N) is 1. The van der Waals surface area contributed by atoms with Gasteiger partial charge in [0, 0.05) is 0 Å². The van der Waals surface area contributed by atoms with E-state index in [9.17, 15) is 9.90 Å². The van der Waals surface area contributed by atoms with Crippen molar-refractivity contribution < 1.29 is 14.6 Å². The van der Waals surface area contributed by atoms with Crippen LogP contribution in [0.15, 0.2) is 0 Å². The largest absolute Gasteiger partial charge is 0.468 e. The Kier molecular flexibility index (Phi) is 4.67. The Bertz CT molecular complexity index is 178. The summed E-state index contributed by atoms with van der Waals surface area (Å²) >= 11 is 0. The zero-order valence-electron chi connectivity index (χ0n) is 7.66. The normalized spacial score (nSPS) is 33.3. The van der Waals surface area contributed by atoms with E-state index < -0.39 is 5.54 Å². The highest BCUT2D eigenvalue weighted by atomic mass is 35.5. The monoisotopic (exact) mass is 209 g/mol. The van der Waals surface area contributed by atoms with Crippen molar-refractivity contribution in [3.8, 4) is 0 Å². The molecular formula is C8H16ClNO3. The van der Waals surface area contributed by atoms with E-state index in [1.54, 1.807) is 0 Å². The Morgan fingerprint density at radius 1 is 1.54 bits per heavy atom. The number of halogens is 1. The lowest BCUT2D eigenvalue weighted by atomic mass is 9.81. The molecule has 1 fully saturated rings. The van der Waals surface area contributed by atoms with E-state index in [0.717, 1.165) is 0 Å². The van der Waals surface area contributed by atoms with E-state index in [1.165, 1.54) is 7.11 Å². The molecule has 0 atom stereocenters. The SMILES string of the molecule is COC(=O)C1(N)CCC(O)CC1.Cl. The lowest BCUT2D eigenvalue weighted by Gasteiger charge is -2.32. The molecule has 0 spiro atoms. The molecule has 1 aliphatic carbocycles. The van der Waals surface area contributed by atoms with Gasteiger partial charge in [-0.1, -0.05) is 0 Å². The smallest absolute Gasteiger partial charge is 0.325 e. The van der Waals surface area contributed by atoms with E-state index >= 15 is 0 Å². The summed E-state index contributed by atoms with van der Waals surface area (Å²) in [6, 6.07) is 0. The minimum atomic E-state index is -0.853. The summed E-state index contributed by atoms with van der Waals surface area (Å²) in [5.41, 5.74) is 4.94. The molecule has 3 N–H and O–H groups in total. The van der Waals surface area contributed by atoms with Crippen LogP contribution < -0.4 is 5.73 Å². The molecule has 0 unspecified atom stereocenters. The zero-order valence-corrected chi connectivity index (χ0v) is 8.47. The standard InChI is InChI=1S/C8H15NO3.ClH/c1-12-7(11)8(9)4-2-6(10)3-5-8;/h6,10H,2-5,9H2,1H3;1H. The Hall–Kier alpha value is -0.320. The number of hydrogen-bond donors (Lipinski definition) is 2. The van der Waals surface area contributed by atoms with Crippen LogP contribution in [0.1, 0.15) is 25.7 Å². The van der Waals surface area contributed by atoms with Crippen molar-refractivity contribution in [2.75, 3.05) is 7.11 Å². The number of ether oxygens (including phenoxy) is 1. The van der Waals surface area contributed by atoms with Crippen LogP contribution in [0.3, 0.4) is 0 Å². The first-order chi connectivity index (χ1) is 5.58. The number of rotatable bonds is 1. The molecule has 1 rings (SSSR count). The second kappa shape index (κ2) is 4.79. The maximum atomic E-state index is 11.2. The first-order valence-corrected chi connectivity index (χ1v) is 4.14. The first-order valence-electron chi connectivity index (χ1n) is 4.14. The van der Waals surface area contributed by atoms with Gasteiger partial charge in [0.1, 0.15) is 5.54 Å². The molecule has 0 radical (unpaired) electrons. The molecule has 5 heteroatoms. The van der Waals surface area contributed by atoms with Crippen molar-refractivity contribution >= 4 is 18.4 Å². The van der Waals surface area contributed by atoms with Gasteiger partial charge in [0.05, 0.1) is 13.2 Å². The molecule has 0 amide bonds. The van der Waals surface area contributed by atoms with Crippen molar-refractivity contribution in [1.29, 1.82) is 0 Å². The zero-order chi connectivity index (χ0) is 9.19. The van der Waals surface area contributed by atoms with Crippen molar-refractivity contribution in [3.63, 3.8) is 0 Å². The van der Waals surface area contributed by atoms with Gasteiger partial charge in [0.2, 0.25) is 0 Å². The molecule has 0 heterocycles. The molecule has 78 valence electrons. The first kappa shape index (κ1) is 12.7. The number of carbonyl (C=O) groups is 1. The number of aliphatic hydroxyl groups is 1. The number of methoxy groups -OCH3 is 1. The Morgan fingerprint density at radius 2 is 2.00 bits per heavy atom. The molecule has 0 bridgehead atoms. The van der Waals surface area contributed by atoms with Crippen LogP contribution >= 0.6 is 12.4 Å². The maximum Gasteiger partial charge on any atom is 0.325 e. The molecule has 0 aromatic heterocycles. The van der Waals surface area contributed by atoms with Crippen LogP contribution in [0.2, 0.25) is 0 Å². The lowest BCUT2D eigenvalue weighted by Crippen LogP contribution is -2.51. The third kappa shape index (κ3) is 2.83. The van der Waals surface area contributed by atoms with Gasteiger partial charge in [0.25, 0.3) is 0 Å². The quantitative estimate of drug-likeness (QED) is 0.606.